The van der Waals surface area contributed by atoms with E-state index in [1.54, 1.807) is 0 Å². The number of ether oxygens (including phenoxy) is 1. The summed E-state index contributed by atoms with van der Waals surface area (Å²) in [6.45, 7) is 3.83. The summed E-state index contributed by atoms with van der Waals surface area (Å²) in [5, 5.41) is 2.74. The lowest BCUT2D eigenvalue weighted by atomic mass is 9.96. The maximum absolute atomic E-state index is 12.7. The van der Waals surface area contributed by atoms with Crippen LogP contribution in [0.2, 0.25) is 0 Å². The van der Waals surface area contributed by atoms with Crippen LogP contribution in [0.1, 0.15) is 21.5 Å². The van der Waals surface area contributed by atoms with E-state index < -0.39 is 11.6 Å². The Balaban J connectivity index is 1.67. The minimum absolute atomic E-state index is 0.148. The molecule has 0 aliphatic rings. The van der Waals surface area contributed by atoms with Gasteiger partial charge in [-0.25, -0.2) is 9.59 Å². The van der Waals surface area contributed by atoms with Gasteiger partial charge in [0.1, 0.15) is 22.7 Å². The summed E-state index contributed by atoms with van der Waals surface area (Å²) < 4.78 is 16.6. The maximum atomic E-state index is 12.7. The molecular formula is C26H18O5. The van der Waals surface area contributed by atoms with Gasteiger partial charge in [0.05, 0.1) is 6.26 Å². The summed E-state index contributed by atoms with van der Waals surface area (Å²) in [6.07, 6.45) is 1.23. The normalized spacial score (nSPS) is 11.2. The quantitative estimate of drug-likeness (QED) is 0.268. The summed E-state index contributed by atoms with van der Waals surface area (Å²) in [7, 11) is 0. The second-order valence-electron chi connectivity index (χ2n) is 7.40. The van der Waals surface area contributed by atoms with E-state index in [9.17, 15) is 9.59 Å². The highest BCUT2D eigenvalue weighted by Crippen LogP contribution is 2.38. The molecule has 0 amide bonds. The molecule has 5 nitrogen and oxygen atoms in total. The minimum atomic E-state index is -0.751. The lowest BCUT2D eigenvalue weighted by Gasteiger charge is -2.14. The van der Waals surface area contributed by atoms with Crippen LogP contribution in [-0.2, 0) is 0 Å². The summed E-state index contributed by atoms with van der Waals surface area (Å²) in [5.74, 6) is 0.405. The number of hydrogen-bond donors (Lipinski definition) is 0. The van der Waals surface area contributed by atoms with E-state index in [0.717, 1.165) is 44.2 Å². The third-order valence-corrected chi connectivity index (χ3v) is 5.44. The molecule has 0 aliphatic heterocycles. The van der Waals surface area contributed by atoms with Crippen molar-refractivity contribution in [1.29, 1.82) is 0 Å². The van der Waals surface area contributed by atoms with Crippen LogP contribution in [0.3, 0.4) is 0 Å². The molecule has 0 unspecified atom stereocenters. The van der Waals surface area contributed by atoms with E-state index in [-0.39, 0.29) is 5.56 Å². The van der Waals surface area contributed by atoms with Crippen molar-refractivity contribution in [3.05, 3.63) is 100 Å². The van der Waals surface area contributed by atoms with E-state index in [1.165, 1.54) is 18.4 Å². The average molecular weight is 410 g/mol. The molecule has 2 heterocycles. The van der Waals surface area contributed by atoms with Gasteiger partial charge in [-0.3, -0.25) is 0 Å². The number of rotatable bonds is 3. The highest BCUT2D eigenvalue weighted by molar-refractivity contribution is 6.00. The SMILES string of the molecule is Cc1ccc2ccc(-c3cc4ccccc4o3)c(C)c2c1OC(=O)c1cccoc1=O. The number of esters is 1. The molecule has 0 fully saturated rings. The predicted molar refractivity (Wildman–Crippen MR) is 119 cm³/mol. The van der Waals surface area contributed by atoms with Crippen LogP contribution in [-0.4, -0.2) is 5.97 Å². The molecule has 5 heteroatoms. The number of fused-ring (bicyclic) bond motifs is 2. The zero-order chi connectivity index (χ0) is 21.5. The van der Waals surface area contributed by atoms with Crippen molar-refractivity contribution in [1.82, 2.24) is 0 Å². The number of carbonyl (C=O) groups is 1. The van der Waals surface area contributed by atoms with Gasteiger partial charge in [-0.1, -0.05) is 42.5 Å². The first kappa shape index (κ1) is 18.9. The van der Waals surface area contributed by atoms with E-state index in [0.29, 0.717) is 5.75 Å². The van der Waals surface area contributed by atoms with Crippen molar-refractivity contribution in [3.8, 4) is 17.1 Å². The van der Waals surface area contributed by atoms with Crippen molar-refractivity contribution >= 4 is 27.7 Å². The maximum Gasteiger partial charge on any atom is 0.351 e. The molecule has 3 aromatic carbocycles. The van der Waals surface area contributed by atoms with Crippen LogP contribution >= 0.6 is 0 Å². The highest BCUT2D eigenvalue weighted by atomic mass is 16.5. The first-order valence-corrected chi connectivity index (χ1v) is 9.85. The zero-order valence-electron chi connectivity index (χ0n) is 17.0. The molecule has 0 N–H and O–H groups in total. The zero-order valence-corrected chi connectivity index (χ0v) is 17.0. The number of furan rings is 1. The van der Waals surface area contributed by atoms with E-state index >= 15 is 0 Å². The summed E-state index contributed by atoms with van der Waals surface area (Å²) in [6, 6.07) is 20.5. The van der Waals surface area contributed by atoms with Gasteiger partial charge in [0, 0.05) is 16.3 Å². The standard InChI is InChI=1S/C26H18O5/c1-15-9-10-17-11-12-19(22-14-18-6-3-4-8-21(18)30-22)16(2)23(17)24(15)31-26(28)20-7-5-13-29-25(20)27/h3-14H,1-2H3. The van der Waals surface area contributed by atoms with Crippen LogP contribution < -0.4 is 10.4 Å². The fraction of sp³-hybridized carbons (Fsp3) is 0.0769. The lowest BCUT2D eigenvalue weighted by molar-refractivity contribution is 0.0731. The molecule has 5 aromatic rings. The molecule has 0 aliphatic carbocycles. The first-order chi connectivity index (χ1) is 15.0. The van der Waals surface area contributed by atoms with Gasteiger partial charge in [0.2, 0.25) is 0 Å². The Morgan fingerprint density at radius 2 is 1.71 bits per heavy atom. The molecule has 0 radical (unpaired) electrons. The summed E-state index contributed by atoms with van der Waals surface area (Å²) in [5.41, 5.74) is 2.54. The molecule has 0 spiro atoms. The van der Waals surface area contributed by atoms with Crippen LogP contribution in [0.15, 0.2) is 86.6 Å². The van der Waals surface area contributed by atoms with E-state index in [4.69, 9.17) is 13.6 Å². The Morgan fingerprint density at radius 3 is 2.52 bits per heavy atom. The Labute approximate surface area is 177 Å². The van der Waals surface area contributed by atoms with Gasteiger partial charge in [-0.15, -0.1) is 0 Å². The Bertz CT molecular complexity index is 1490. The van der Waals surface area contributed by atoms with Crippen molar-refractivity contribution in [3.63, 3.8) is 0 Å². The molecular weight excluding hydrogens is 392 g/mol. The van der Waals surface area contributed by atoms with E-state index in [1.807, 2.05) is 68.4 Å². The molecule has 31 heavy (non-hydrogen) atoms. The second-order valence-corrected chi connectivity index (χ2v) is 7.40. The summed E-state index contributed by atoms with van der Waals surface area (Å²) in [4.78, 5) is 24.6. The summed E-state index contributed by atoms with van der Waals surface area (Å²) >= 11 is 0. The largest absolute Gasteiger partial charge is 0.456 e. The van der Waals surface area contributed by atoms with Crippen LogP contribution in [0.5, 0.6) is 5.75 Å². The smallest absolute Gasteiger partial charge is 0.351 e. The number of aryl methyl sites for hydroxylation is 2. The third-order valence-electron chi connectivity index (χ3n) is 5.44. The molecule has 2 aromatic heterocycles. The van der Waals surface area contributed by atoms with Crippen LogP contribution in [0, 0.1) is 13.8 Å². The van der Waals surface area contributed by atoms with Gasteiger partial charge < -0.3 is 13.6 Å². The topological polar surface area (TPSA) is 69.7 Å². The Kier molecular flexibility index (Phi) is 4.44. The highest BCUT2D eigenvalue weighted by Gasteiger charge is 2.20. The molecule has 0 bridgehead atoms. The fourth-order valence-corrected chi connectivity index (χ4v) is 3.84. The average Bonchev–Trinajstić information content (AvgIpc) is 3.20. The minimum Gasteiger partial charge on any atom is -0.456 e. The van der Waals surface area contributed by atoms with Crippen LogP contribution in [0.4, 0.5) is 0 Å². The number of hydrogen-bond acceptors (Lipinski definition) is 5. The van der Waals surface area contributed by atoms with Gasteiger partial charge in [-0.2, -0.15) is 0 Å². The molecule has 152 valence electrons. The van der Waals surface area contributed by atoms with Crippen molar-refractivity contribution in [2.24, 2.45) is 0 Å². The van der Waals surface area contributed by atoms with Crippen LogP contribution in [0.25, 0.3) is 33.1 Å². The monoisotopic (exact) mass is 410 g/mol. The van der Waals surface area contributed by atoms with Gasteiger partial charge >= 0.3 is 11.6 Å². The molecule has 0 saturated heterocycles. The van der Waals surface area contributed by atoms with Gasteiger partial charge in [0.15, 0.2) is 0 Å². The number of benzene rings is 3. The molecule has 0 atom stereocenters. The molecule has 5 rings (SSSR count). The third kappa shape index (κ3) is 3.20. The Morgan fingerprint density at radius 1 is 0.903 bits per heavy atom. The van der Waals surface area contributed by atoms with E-state index in [2.05, 4.69) is 0 Å². The second kappa shape index (κ2) is 7.29. The number of para-hydroxylation sites is 1. The lowest BCUT2D eigenvalue weighted by Crippen LogP contribution is -2.18. The molecule has 0 saturated carbocycles. The fourth-order valence-electron chi connectivity index (χ4n) is 3.84. The van der Waals surface area contributed by atoms with Crippen molar-refractivity contribution < 1.29 is 18.4 Å². The predicted octanol–water partition coefficient (Wildman–Crippen LogP) is 6.04. The van der Waals surface area contributed by atoms with Crippen molar-refractivity contribution in [2.75, 3.05) is 0 Å². The Hall–Kier alpha value is -4.12. The van der Waals surface area contributed by atoms with Gasteiger partial charge in [0.25, 0.3) is 0 Å². The number of carbonyl (C=O) groups excluding carboxylic acids is 1. The van der Waals surface area contributed by atoms with Crippen molar-refractivity contribution in [2.45, 2.75) is 13.8 Å². The first-order valence-electron chi connectivity index (χ1n) is 9.85. The van der Waals surface area contributed by atoms with Gasteiger partial charge in [-0.05, 0) is 54.6 Å².